The quantitative estimate of drug-likeness (QED) is 0.574. The highest BCUT2D eigenvalue weighted by molar-refractivity contribution is 6.31. The van der Waals surface area contributed by atoms with Crippen LogP contribution in [0.5, 0.6) is 5.75 Å². The van der Waals surface area contributed by atoms with Crippen molar-refractivity contribution in [3.8, 4) is 5.75 Å². The average molecular weight is 416 g/mol. The Balaban J connectivity index is 2.08. The normalized spacial score (nSPS) is 11.8. The van der Waals surface area contributed by atoms with Crippen LogP contribution in [0.3, 0.4) is 0 Å². The fraction of sp³-hybridized carbons (Fsp3) is 0.211. The maximum absolute atomic E-state index is 13.9. The highest BCUT2D eigenvalue weighted by Crippen LogP contribution is 2.32. The molecule has 0 saturated heterocycles. The monoisotopic (exact) mass is 415 g/mol. The van der Waals surface area contributed by atoms with Gasteiger partial charge in [0.1, 0.15) is 11.6 Å². The number of aromatic nitrogens is 1. The molecule has 0 bridgehead atoms. The Labute approximate surface area is 161 Å². The lowest BCUT2D eigenvalue weighted by Crippen LogP contribution is -2.17. The fourth-order valence-corrected chi connectivity index (χ4v) is 3.30. The summed E-state index contributed by atoms with van der Waals surface area (Å²) in [7, 11) is 0. The largest absolute Gasteiger partial charge is 0.573 e. The number of hydrogen-bond donors (Lipinski definition) is 1. The van der Waals surface area contributed by atoms with Crippen molar-refractivity contribution in [2.24, 2.45) is 0 Å². The molecule has 0 fully saturated rings. The van der Waals surface area contributed by atoms with Gasteiger partial charge in [0.2, 0.25) is 0 Å². The number of fused-ring (bicyclic) bond motifs is 1. The van der Waals surface area contributed by atoms with Crippen LogP contribution >= 0.6 is 11.6 Å². The molecule has 1 heterocycles. The first-order chi connectivity index (χ1) is 13.0. The highest BCUT2D eigenvalue weighted by Gasteiger charge is 2.31. The second-order valence-corrected chi connectivity index (χ2v) is 6.61. The molecule has 0 amide bonds. The van der Waals surface area contributed by atoms with Gasteiger partial charge in [0.25, 0.3) is 0 Å². The molecular weight excluding hydrogens is 402 g/mol. The molecule has 28 heavy (non-hydrogen) atoms. The first kappa shape index (κ1) is 20.0. The van der Waals surface area contributed by atoms with E-state index in [0.29, 0.717) is 27.7 Å². The van der Waals surface area contributed by atoms with E-state index in [1.165, 1.54) is 30.3 Å². The third-order valence-corrected chi connectivity index (χ3v) is 4.59. The van der Waals surface area contributed by atoms with Gasteiger partial charge in [0.05, 0.1) is 17.0 Å². The number of carbonyl (C=O) groups is 1. The van der Waals surface area contributed by atoms with Crippen LogP contribution in [0, 0.1) is 12.7 Å². The van der Waals surface area contributed by atoms with Crippen LogP contribution in [-0.4, -0.2) is 22.0 Å². The van der Waals surface area contributed by atoms with Crippen molar-refractivity contribution >= 4 is 28.5 Å². The lowest BCUT2D eigenvalue weighted by Gasteiger charge is -2.12. The summed E-state index contributed by atoms with van der Waals surface area (Å²) in [6, 6.07) is 7.99. The molecule has 0 radical (unpaired) electrons. The summed E-state index contributed by atoms with van der Waals surface area (Å²) in [5.41, 5.74) is 1.95. The maximum Gasteiger partial charge on any atom is 0.573 e. The molecule has 9 heteroatoms. The lowest BCUT2D eigenvalue weighted by atomic mass is 10.1. The molecule has 3 rings (SSSR count). The van der Waals surface area contributed by atoms with Gasteiger partial charge in [-0.25, -0.2) is 4.39 Å². The molecule has 3 aromatic rings. The second-order valence-electron chi connectivity index (χ2n) is 6.20. The van der Waals surface area contributed by atoms with Crippen LogP contribution in [0.25, 0.3) is 10.9 Å². The Hall–Kier alpha value is -2.74. The molecule has 1 aromatic heterocycles. The van der Waals surface area contributed by atoms with Crippen LogP contribution in [-0.2, 0) is 17.8 Å². The Morgan fingerprint density at radius 2 is 1.96 bits per heavy atom. The number of halogens is 5. The highest BCUT2D eigenvalue weighted by atomic mass is 35.5. The van der Waals surface area contributed by atoms with E-state index in [1.807, 2.05) is 0 Å². The van der Waals surface area contributed by atoms with Crippen LogP contribution in [0.2, 0.25) is 5.02 Å². The first-order valence-electron chi connectivity index (χ1n) is 8.08. The van der Waals surface area contributed by atoms with E-state index in [9.17, 15) is 22.4 Å². The van der Waals surface area contributed by atoms with E-state index in [2.05, 4.69) is 4.74 Å². The molecule has 0 aliphatic carbocycles. The molecule has 0 aliphatic rings. The topological polar surface area (TPSA) is 51.5 Å². The molecular formula is C19H14ClF4NO3. The number of benzene rings is 2. The Morgan fingerprint density at radius 1 is 1.25 bits per heavy atom. The Bertz CT molecular complexity index is 1060. The summed E-state index contributed by atoms with van der Waals surface area (Å²) in [6.45, 7) is 1.79. The zero-order valence-corrected chi connectivity index (χ0v) is 15.2. The van der Waals surface area contributed by atoms with Gasteiger partial charge in [0.15, 0.2) is 0 Å². The van der Waals surface area contributed by atoms with Crippen LogP contribution in [0.4, 0.5) is 17.6 Å². The summed E-state index contributed by atoms with van der Waals surface area (Å²) in [5.74, 6) is -2.13. The number of carboxylic acids is 1. The molecule has 0 atom stereocenters. The van der Waals surface area contributed by atoms with E-state index in [-0.39, 0.29) is 23.7 Å². The molecule has 1 N–H and O–H groups in total. The van der Waals surface area contributed by atoms with Crippen molar-refractivity contribution < 1.29 is 32.2 Å². The Kier molecular flexibility index (Phi) is 5.25. The van der Waals surface area contributed by atoms with Gasteiger partial charge in [-0.05, 0) is 42.3 Å². The summed E-state index contributed by atoms with van der Waals surface area (Å²) < 4.78 is 56.9. The Morgan fingerprint density at radius 3 is 2.61 bits per heavy atom. The minimum Gasteiger partial charge on any atom is -0.481 e. The van der Waals surface area contributed by atoms with Crippen molar-refractivity contribution in [1.29, 1.82) is 0 Å². The van der Waals surface area contributed by atoms with Crippen LogP contribution in [0.15, 0.2) is 36.4 Å². The van der Waals surface area contributed by atoms with Gasteiger partial charge in [-0.15, -0.1) is 13.2 Å². The SMILES string of the molecule is Cc1c(CC(=O)O)c2cc(F)c(Cl)cc2n1Cc1cccc(OC(F)(F)F)c1. The summed E-state index contributed by atoms with van der Waals surface area (Å²) in [5, 5.41) is 9.42. The van der Waals surface area contributed by atoms with Crippen molar-refractivity contribution in [1.82, 2.24) is 4.57 Å². The van der Waals surface area contributed by atoms with Crippen LogP contribution in [0.1, 0.15) is 16.8 Å². The molecule has 4 nitrogen and oxygen atoms in total. The van der Waals surface area contributed by atoms with E-state index in [1.54, 1.807) is 17.6 Å². The van der Waals surface area contributed by atoms with Gasteiger partial charge < -0.3 is 14.4 Å². The number of aliphatic carboxylic acids is 1. The van der Waals surface area contributed by atoms with E-state index in [0.717, 1.165) is 0 Å². The molecule has 0 spiro atoms. The van der Waals surface area contributed by atoms with Crippen molar-refractivity contribution in [2.75, 3.05) is 0 Å². The standard InChI is InChI=1S/C19H14ClF4NO3/c1-10-13(7-18(26)27)14-6-16(21)15(20)8-17(14)25(10)9-11-3-2-4-12(5-11)28-19(22,23)24/h2-6,8H,7,9H2,1H3,(H,26,27). The van der Waals surface area contributed by atoms with E-state index >= 15 is 0 Å². The minimum absolute atomic E-state index is 0.124. The summed E-state index contributed by atoms with van der Waals surface area (Å²) >= 11 is 5.88. The van der Waals surface area contributed by atoms with E-state index < -0.39 is 18.1 Å². The molecule has 0 unspecified atom stereocenters. The number of nitrogens with zero attached hydrogens (tertiary/aromatic N) is 1. The van der Waals surface area contributed by atoms with Crippen molar-refractivity contribution in [2.45, 2.75) is 26.3 Å². The van der Waals surface area contributed by atoms with Gasteiger partial charge in [-0.1, -0.05) is 23.7 Å². The van der Waals surface area contributed by atoms with Gasteiger partial charge in [0, 0.05) is 17.6 Å². The predicted octanol–water partition coefficient (Wildman–Crippen LogP) is 5.32. The number of rotatable bonds is 5. The second kappa shape index (κ2) is 7.35. The summed E-state index contributed by atoms with van der Waals surface area (Å²) in [6.07, 6.45) is -5.14. The number of hydrogen-bond acceptors (Lipinski definition) is 2. The predicted molar refractivity (Wildman–Crippen MR) is 95.2 cm³/mol. The first-order valence-corrected chi connectivity index (χ1v) is 8.46. The smallest absolute Gasteiger partial charge is 0.481 e. The average Bonchev–Trinajstić information content (AvgIpc) is 2.79. The molecule has 148 valence electrons. The zero-order chi connectivity index (χ0) is 20.6. The number of alkyl halides is 3. The van der Waals surface area contributed by atoms with Crippen LogP contribution < -0.4 is 4.74 Å². The molecule has 0 aliphatic heterocycles. The zero-order valence-electron chi connectivity index (χ0n) is 14.5. The van der Waals surface area contributed by atoms with Gasteiger partial charge in [-0.3, -0.25) is 4.79 Å². The third-order valence-electron chi connectivity index (χ3n) is 4.30. The number of carboxylic acid groups (broad SMARTS) is 1. The maximum atomic E-state index is 13.9. The van der Waals surface area contributed by atoms with Crippen molar-refractivity contribution in [3.63, 3.8) is 0 Å². The minimum atomic E-state index is -4.81. The van der Waals surface area contributed by atoms with Crippen molar-refractivity contribution in [3.05, 3.63) is 64.1 Å². The lowest BCUT2D eigenvalue weighted by molar-refractivity contribution is -0.274. The molecule has 2 aromatic carbocycles. The van der Waals surface area contributed by atoms with E-state index in [4.69, 9.17) is 16.7 Å². The fourth-order valence-electron chi connectivity index (χ4n) is 3.14. The summed E-state index contributed by atoms with van der Waals surface area (Å²) in [4.78, 5) is 11.2. The third kappa shape index (κ3) is 4.22. The number of ether oxygens (including phenoxy) is 1. The molecule has 0 saturated carbocycles. The van der Waals surface area contributed by atoms with Gasteiger partial charge >= 0.3 is 12.3 Å². The van der Waals surface area contributed by atoms with Gasteiger partial charge in [-0.2, -0.15) is 0 Å².